The Morgan fingerprint density at radius 1 is 0.393 bits per heavy atom. The van der Waals surface area contributed by atoms with Crippen LogP contribution in [0.1, 0.15) is 180 Å². The molecule has 0 radical (unpaired) electrons. The first-order chi connectivity index (χ1) is 27.7. The van der Waals surface area contributed by atoms with Crippen LogP contribution in [-0.4, -0.2) is 12.8 Å². The van der Waals surface area contributed by atoms with Gasteiger partial charge in [-0.05, 0) is 272 Å². The Morgan fingerprint density at radius 3 is 1.82 bits per heavy atom. The first-order valence-corrected chi connectivity index (χ1v) is 26.6. The topological polar surface area (TPSA) is 12.4 Å². The maximum absolute atomic E-state index is 4.83. The molecule has 0 aromatic heterocycles. The molecule has 1 nitrogen and oxygen atoms in total. The summed E-state index contributed by atoms with van der Waals surface area (Å²) in [4.78, 5) is 4.83. The Bertz CT molecular complexity index is 1490. The van der Waals surface area contributed by atoms with E-state index in [2.05, 4.69) is 24.4 Å². The van der Waals surface area contributed by atoms with E-state index in [-0.39, 0.29) is 0 Å². The molecule has 11 aliphatic carbocycles. The molecule has 0 aromatic carbocycles. The molecule has 0 amide bonds. The van der Waals surface area contributed by atoms with Crippen molar-refractivity contribution in [3.8, 4) is 0 Å². The molecule has 0 spiro atoms. The highest BCUT2D eigenvalue weighted by molar-refractivity contribution is 5.58. The highest BCUT2D eigenvalue weighted by Crippen LogP contribution is 2.64. The van der Waals surface area contributed by atoms with Gasteiger partial charge in [0.2, 0.25) is 0 Å². The average molecular weight is 758 g/mol. The smallest absolute Gasteiger partial charge is 0.0388 e. The van der Waals surface area contributed by atoms with Crippen LogP contribution in [0.5, 0.6) is 0 Å². The summed E-state index contributed by atoms with van der Waals surface area (Å²) in [5, 5.41) is 0. The Labute approximate surface area is 344 Å². The van der Waals surface area contributed by atoms with Crippen LogP contribution >= 0.6 is 0 Å². The minimum atomic E-state index is 0.942. The van der Waals surface area contributed by atoms with Gasteiger partial charge in [0.1, 0.15) is 0 Å². The first-order valence-electron chi connectivity index (χ1n) is 26.6. The number of rotatable bonds is 5. The Balaban J connectivity index is 0.741. The largest absolute Gasteiger partial charge is 0.298 e. The Kier molecular flexibility index (Phi) is 10.3. The van der Waals surface area contributed by atoms with Gasteiger partial charge in [-0.1, -0.05) is 62.3 Å². The maximum atomic E-state index is 4.83. The third kappa shape index (κ3) is 6.41. The summed E-state index contributed by atoms with van der Waals surface area (Å²) in [6, 6.07) is 0. The van der Waals surface area contributed by atoms with Crippen LogP contribution in [0.2, 0.25) is 0 Å². The normalized spacial score (nSPS) is 55.0. The number of allylic oxidation sites excluding steroid dienone is 4. The minimum absolute atomic E-state index is 0.942. The van der Waals surface area contributed by atoms with Gasteiger partial charge in [0.15, 0.2) is 0 Å². The molecular formula is C55H83N. The molecular weight excluding hydrogens is 675 g/mol. The molecule has 21 atom stereocenters. The van der Waals surface area contributed by atoms with Crippen molar-refractivity contribution in [2.75, 3.05) is 6.54 Å². The lowest BCUT2D eigenvalue weighted by Gasteiger charge is -2.59. The van der Waals surface area contributed by atoms with Crippen LogP contribution in [0.3, 0.4) is 0 Å². The van der Waals surface area contributed by atoms with E-state index < -0.39 is 0 Å². The molecule has 20 unspecified atom stereocenters. The lowest BCUT2D eigenvalue weighted by Crippen LogP contribution is -2.52. The van der Waals surface area contributed by atoms with E-state index in [1.54, 1.807) is 135 Å². The molecule has 1 aliphatic heterocycles. The second-order valence-corrected chi connectivity index (χ2v) is 24.2. The average Bonchev–Trinajstić information content (AvgIpc) is 3.27. The highest BCUT2D eigenvalue weighted by Gasteiger charge is 2.56. The van der Waals surface area contributed by atoms with E-state index >= 15 is 0 Å². The van der Waals surface area contributed by atoms with Crippen LogP contribution in [0.15, 0.2) is 28.8 Å². The summed E-state index contributed by atoms with van der Waals surface area (Å²) in [5.41, 5.74) is 1.97. The third-order valence-electron chi connectivity index (χ3n) is 22.7. The molecule has 1 heterocycles. The second kappa shape index (κ2) is 15.6. The Morgan fingerprint density at radius 2 is 1.02 bits per heavy atom. The van der Waals surface area contributed by atoms with Gasteiger partial charge in [-0.25, -0.2) is 0 Å². The molecule has 9 fully saturated rings. The first kappa shape index (κ1) is 37.0. The van der Waals surface area contributed by atoms with Gasteiger partial charge >= 0.3 is 0 Å². The monoisotopic (exact) mass is 758 g/mol. The molecule has 12 rings (SSSR count). The minimum Gasteiger partial charge on any atom is -0.298 e. The fraction of sp³-hybridized carbons (Fsp3) is 0.909. The predicted molar refractivity (Wildman–Crippen MR) is 233 cm³/mol. The zero-order valence-corrected chi connectivity index (χ0v) is 35.9. The van der Waals surface area contributed by atoms with Crippen LogP contribution in [-0.2, 0) is 0 Å². The van der Waals surface area contributed by atoms with Crippen LogP contribution in [0, 0.1) is 124 Å². The molecule has 0 bridgehead atoms. The van der Waals surface area contributed by atoms with Crippen molar-refractivity contribution in [3.05, 3.63) is 23.8 Å². The van der Waals surface area contributed by atoms with E-state index in [1.165, 1.54) is 44.9 Å². The molecule has 56 heavy (non-hydrogen) atoms. The van der Waals surface area contributed by atoms with Gasteiger partial charge in [0.25, 0.3) is 0 Å². The van der Waals surface area contributed by atoms with Gasteiger partial charge < -0.3 is 0 Å². The van der Waals surface area contributed by atoms with Crippen molar-refractivity contribution in [2.24, 2.45) is 129 Å². The van der Waals surface area contributed by atoms with E-state index in [4.69, 9.17) is 4.99 Å². The van der Waals surface area contributed by atoms with Crippen molar-refractivity contribution in [3.63, 3.8) is 0 Å². The zero-order chi connectivity index (χ0) is 36.7. The quantitative estimate of drug-likeness (QED) is 0.248. The van der Waals surface area contributed by atoms with E-state index in [1.807, 2.05) is 5.57 Å². The predicted octanol–water partition coefficient (Wildman–Crippen LogP) is 14.6. The summed E-state index contributed by atoms with van der Waals surface area (Å²) in [6.07, 6.45) is 54.2. The van der Waals surface area contributed by atoms with Crippen molar-refractivity contribution < 1.29 is 0 Å². The molecule has 1 heteroatoms. The fourth-order valence-electron chi connectivity index (χ4n) is 20.8. The molecule has 9 saturated carbocycles. The molecule has 0 saturated heterocycles. The standard InChI is InChI=1S/C55H83N/c1-5-35-13-15-39-17-22-46(49-25-19-37(7-1)52(35)54(39)49)43-10-3-9-41(31-43)42-21-24-48(51(33-42)34-27-29-56-30-28-34)45-12-4-11-44(32-45)47-23-18-40-16-14-36-6-2-8-38-20-26-50(47)55(40)53(36)38/h1,7,20,29,34-37,39-55H,2-6,8-19,21-28,30-33H2/t34?,35?,36?,37?,39?,40?,41?,42-,43?,44?,45?,46?,47?,48?,49?,50?,51?,52?,53?,54?,55?/m1/s1. The summed E-state index contributed by atoms with van der Waals surface area (Å²) >= 11 is 0. The Hall–Kier alpha value is -0.850. The van der Waals surface area contributed by atoms with Crippen molar-refractivity contribution >= 4 is 6.21 Å². The van der Waals surface area contributed by atoms with Crippen molar-refractivity contribution in [1.82, 2.24) is 0 Å². The SMILES string of the molecule is C1=CC2CCC3C(C4CCCC([C@@H]5CCC(C6CCCC(C7CCC8CCC9CCCC%10=CCC7C8C%109)C6)C(C6CC=NCC6)C5)C4)CCC4CCC(C1)C2C43. The van der Waals surface area contributed by atoms with Gasteiger partial charge in [-0.2, -0.15) is 0 Å². The summed E-state index contributed by atoms with van der Waals surface area (Å²) in [5.74, 6) is 22.1. The van der Waals surface area contributed by atoms with Crippen LogP contribution in [0.4, 0.5) is 0 Å². The molecule has 0 aromatic rings. The highest BCUT2D eigenvalue weighted by atomic mass is 14.7. The summed E-state index contributed by atoms with van der Waals surface area (Å²) in [6.45, 7) is 1.13. The number of aliphatic imine (C=N–C) groups is 1. The van der Waals surface area contributed by atoms with Gasteiger partial charge in [0.05, 0.1) is 0 Å². The zero-order valence-electron chi connectivity index (χ0n) is 35.9. The summed E-state index contributed by atoms with van der Waals surface area (Å²) in [7, 11) is 0. The third-order valence-corrected chi connectivity index (χ3v) is 22.7. The van der Waals surface area contributed by atoms with E-state index in [9.17, 15) is 0 Å². The van der Waals surface area contributed by atoms with Crippen molar-refractivity contribution in [1.29, 1.82) is 0 Å². The molecule has 12 aliphatic rings. The van der Waals surface area contributed by atoms with Gasteiger partial charge in [0, 0.05) is 6.54 Å². The molecule has 0 N–H and O–H groups in total. The van der Waals surface area contributed by atoms with Gasteiger partial charge in [-0.15, -0.1) is 0 Å². The van der Waals surface area contributed by atoms with Crippen LogP contribution < -0.4 is 0 Å². The summed E-state index contributed by atoms with van der Waals surface area (Å²) < 4.78 is 0. The van der Waals surface area contributed by atoms with Crippen LogP contribution in [0.25, 0.3) is 0 Å². The second-order valence-electron chi connectivity index (χ2n) is 24.2. The fourth-order valence-corrected chi connectivity index (χ4v) is 20.8. The van der Waals surface area contributed by atoms with Gasteiger partial charge in [-0.3, -0.25) is 4.99 Å². The lowest BCUT2D eigenvalue weighted by atomic mass is 9.45. The van der Waals surface area contributed by atoms with Crippen molar-refractivity contribution in [2.45, 2.75) is 180 Å². The number of hydrogen-bond acceptors (Lipinski definition) is 1. The number of nitrogens with zero attached hydrogens (tertiary/aromatic N) is 1. The maximum Gasteiger partial charge on any atom is 0.0388 e. The number of hydrogen-bond donors (Lipinski definition) is 0. The lowest BCUT2D eigenvalue weighted by molar-refractivity contribution is -0.0915. The molecule has 308 valence electrons. The van der Waals surface area contributed by atoms with E-state index in [0.29, 0.717) is 0 Å². The van der Waals surface area contributed by atoms with E-state index in [0.717, 1.165) is 131 Å².